The molecule has 4 rings (SSSR count). The zero-order valence-electron chi connectivity index (χ0n) is 16.4. The SMILES string of the molecule is O=C(NCCCOCC1CCCO1)c1nc(-c2cccs2)n(-c2ccc(F)cc2)n1. The Hall–Kier alpha value is -2.62. The molecule has 158 valence electrons. The second-order valence-electron chi connectivity index (χ2n) is 6.94. The molecule has 0 saturated carbocycles. The highest BCUT2D eigenvalue weighted by atomic mass is 32.1. The number of nitrogens with zero attached hydrogens (tertiary/aromatic N) is 3. The van der Waals surface area contributed by atoms with Gasteiger partial charge in [-0.3, -0.25) is 4.79 Å². The van der Waals surface area contributed by atoms with Gasteiger partial charge >= 0.3 is 0 Å². The fourth-order valence-electron chi connectivity index (χ4n) is 3.18. The molecule has 0 bridgehead atoms. The van der Waals surface area contributed by atoms with Crippen molar-refractivity contribution < 1.29 is 18.7 Å². The number of halogens is 1. The lowest BCUT2D eigenvalue weighted by atomic mass is 10.2. The van der Waals surface area contributed by atoms with Crippen molar-refractivity contribution >= 4 is 17.2 Å². The molecule has 1 unspecified atom stereocenters. The maximum Gasteiger partial charge on any atom is 0.290 e. The van der Waals surface area contributed by atoms with Gasteiger partial charge in [-0.1, -0.05) is 6.07 Å². The van der Waals surface area contributed by atoms with Crippen LogP contribution in [0.1, 0.15) is 29.9 Å². The first-order valence-electron chi connectivity index (χ1n) is 9.95. The van der Waals surface area contributed by atoms with Gasteiger partial charge in [-0.25, -0.2) is 14.1 Å². The summed E-state index contributed by atoms with van der Waals surface area (Å²) in [6.07, 6.45) is 3.03. The Kier molecular flexibility index (Phi) is 6.83. The molecule has 7 nitrogen and oxygen atoms in total. The van der Waals surface area contributed by atoms with Crippen LogP contribution in [0.2, 0.25) is 0 Å². The predicted octanol–water partition coefficient (Wildman–Crippen LogP) is 3.45. The molecular formula is C21H23FN4O3S. The number of hydrogen-bond acceptors (Lipinski definition) is 6. The molecule has 30 heavy (non-hydrogen) atoms. The van der Waals surface area contributed by atoms with Crippen molar-refractivity contribution in [2.75, 3.05) is 26.4 Å². The summed E-state index contributed by atoms with van der Waals surface area (Å²) in [6, 6.07) is 9.72. The van der Waals surface area contributed by atoms with Gasteiger partial charge in [-0.2, -0.15) is 0 Å². The summed E-state index contributed by atoms with van der Waals surface area (Å²) in [5.74, 6) is -0.0753. The number of ether oxygens (including phenoxy) is 2. The Bertz CT molecular complexity index is 953. The minimum absolute atomic E-state index is 0.0722. The first kappa shape index (κ1) is 20.6. The largest absolute Gasteiger partial charge is 0.379 e. The lowest BCUT2D eigenvalue weighted by molar-refractivity contribution is 0.0166. The van der Waals surface area contributed by atoms with Gasteiger partial charge in [0.1, 0.15) is 5.82 Å². The van der Waals surface area contributed by atoms with Crippen LogP contribution < -0.4 is 5.32 Å². The van der Waals surface area contributed by atoms with Crippen molar-refractivity contribution in [3.8, 4) is 16.4 Å². The quantitative estimate of drug-likeness (QED) is 0.526. The van der Waals surface area contributed by atoms with E-state index in [-0.39, 0.29) is 23.7 Å². The van der Waals surface area contributed by atoms with Gasteiger partial charge < -0.3 is 14.8 Å². The fraction of sp³-hybridized carbons (Fsp3) is 0.381. The molecule has 1 fully saturated rings. The van der Waals surface area contributed by atoms with Gasteiger partial charge in [0.2, 0.25) is 5.82 Å². The third kappa shape index (κ3) is 5.10. The van der Waals surface area contributed by atoms with Crippen LogP contribution in [0.15, 0.2) is 41.8 Å². The van der Waals surface area contributed by atoms with Crippen LogP contribution in [-0.4, -0.2) is 53.1 Å². The Labute approximate surface area is 177 Å². The maximum atomic E-state index is 13.3. The first-order chi connectivity index (χ1) is 14.7. The lowest BCUT2D eigenvalue weighted by Crippen LogP contribution is -2.27. The van der Waals surface area contributed by atoms with Gasteiger partial charge in [0.25, 0.3) is 5.91 Å². The number of nitrogens with one attached hydrogen (secondary N) is 1. The van der Waals surface area contributed by atoms with Crippen LogP contribution in [0.4, 0.5) is 4.39 Å². The number of carbonyl (C=O) groups is 1. The van der Waals surface area contributed by atoms with E-state index in [2.05, 4.69) is 15.4 Å². The molecule has 1 atom stereocenters. The lowest BCUT2D eigenvalue weighted by Gasteiger charge is -2.09. The number of aromatic nitrogens is 3. The van der Waals surface area contributed by atoms with E-state index in [9.17, 15) is 9.18 Å². The van der Waals surface area contributed by atoms with E-state index in [1.165, 1.54) is 23.5 Å². The fourth-order valence-corrected chi connectivity index (χ4v) is 3.88. The Morgan fingerprint density at radius 1 is 1.33 bits per heavy atom. The Balaban J connectivity index is 1.36. The molecule has 1 N–H and O–H groups in total. The standard InChI is InChI=1S/C21H23FN4O3S/c22-15-6-8-16(9-7-15)26-20(18-5-2-13-30-18)24-19(25-26)21(27)23-10-3-11-28-14-17-4-1-12-29-17/h2,5-9,13,17H,1,3-4,10-12,14H2,(H,23,27). The number of carbonyl (C=O) groups excluding carboxylic acids is 1. The molecule has 1 aliphatic rings. The van der Waals surface area contributed by atoms with E-state index < -0.39 is 0 Å². The Morgan fingerprint density at radius 3 is 2.93 bits per heavy atom. The van der Waals surface area contributed by atoms with E-state index in [0.29, 0.717) is 37.7 Å². The molecule has 0 radical (unpaired) electrons. The maximum absolute atomic E-state index is 13.3. The molecule has 1 aromatic carbocycles. The molecule has 9 heteroatoms. The second-order valence-corrected chi connectivity index (χ2v) is 7.89. The van der Waals surface area contributed by atoms with Gasteiger partial charge in [0.15, 0.2) is 5.82 Å². The zero-order chi connectivity index (χ0) is 20.8. The Morgan fingerprint density at radius 2 is 2.20 bits per heavy atom. The van der Waals surface area contributed by atoms with Crippen LogP contribution in [0.5, 0.6) is 0 Å². The summed E-state index contributed by atoms with van der Waals surface area (Å²) in [5.41, 5.74) is 0.633. The van der Waals surface area contributed by atoms with Crippen LogP contribution in [0, 0.1) is 5.82 Å². The average Bonchev–Trinajstić information content (AvgIpc) is 3.52. The average molecular weight is 431 g/mol. The summed E-state index contributed by atoms with van der Waals surface area (Å²) in [7, 11) is 0. The van der Waals surface area contributed by atoms with E-state index in [1.54, 1.807) is 16.8 Å². The van der Waals surface area contributed by atoms with Gasteiger partial charge in [0.05, 0.1) is 23.3 Å². The zero-order valence-corrected chi connectivity index (χ0v) is 17.2. The topological polar surface area (TPSA) is 78.3 Å². The molecule has 1 aliphatic heterocycles. The molecule has 0 spiro atoms. The number of benzene rings is 1. The molecule has 0 aliphatic carbocycles. The minimum Gasteiger partial charge on any atom is -0.379 e. The molecule has 1 saturated heterocycles. The van der Waals surface area contributed by atoms with E-state index in [1.807, 2.05) is 17.5 Å². The summed E-state index contributed by atoms with van der Waals surface area (Å²) in [4.78, 5) is 17.8. The van der Waals surface area contributed by atoms with E-state index in [4.69, 9.17) is 9.47 Å². The monoisotopic (exact) mass is 430 g/mol. The first-order valence-corrected chi connectivity index (χ1v) is 10.8. The summed E-state index contributed by atoms with van der Waals surface area (Å²) in [6.45, 7) is 2.43. The van der Waals surface area contributed by atoms with Crippen LogP contribution >= 0.6 is 11.3 Å². The molecular weight excluding hydrogens is 407 g/mol. The van der Waals surface area contributed by atoms with E-state index >= 15 is 0 Å². The van der Waals surface area contributed by atoms with Crippen LogP contribution in [-0.2, 0) is 9.47 Å². The summed E-state index contributed by atoms with van der Waals surface area (Å²) < 4.78 is 26.0. The van der Waals surface area contributed by atoms with Crippen LogP contribution in [0.3, 0.4) is 0 Å². The highest BCUT2D eigenvalue weighted by molar-refractivity contribution is 7.13. The predicted molar refractivity (Wildman–Crippen MR) is 111 cm³/mol. The number of amides is 1. The summed E-state index contributed by atoms with van der Waals surface area (Å²) in [5, 5.41) is 9.12. The molecule has 1 amide bonds. The van der Waals surface area contributed by atoms with Gasteiger partial charge in [-0.05, 0) is 55.0 Å². The smallest absolute Gasteiger partial charge is 0.290 e. The van der Waals surface area contributed by atoms with Gasteiger partial charge in [-0.15, -0.1) is 16.4 Å². The van der Waals surface area contributed by atoms with Crippen molar-refractivity contribution in [2.45, 2.75) is 25.4 Å². The van der Waals surface area contributed by atoms with Crippen molar-refractivity contribution in [3.63, 3.8) is 0 Å². The molecule has 3 heterocycles. The second kappa shape index (κ2) is 9.92. The third-order valence-corrected chi connectivity index (χ3v) is 5.57. The highest BCUT2D eigenvalue weighted by Crippen LogP contribution is 2.25. The number of rotatable bonds is 9. The minimum atomic E-state index is -0.354. The van der Waals surface area contributed by atoms with E-state index in [0.717, 1.165) is 24.3 Å². The molecule has 2 aromatic heterocycles. The van der Waals surface area contributed by atoms with Gasteiger partial charge in [0, 0.05) is 19.8 Å². The van der Waals surface area contributed by atoms with Crippen molar-refractivity contribution in [1.82, 2.24) is 20.1 Å². The highest BCUT2D eigenvalue weighted by Gasteiger charge is 2.19. The third-order valence-electron chi connectivity index (χ3n) is 4.70. The van der Waals surface area contributed by atoms with Crippen LogP contribution in [0.25, 0.3) is 16.4 Å². The van der Waals surface area contributed by atoms with Crippen molar-refractivity contribution in [1.29, 1.82) is 0 Å². The number of thiophene rings is 1. The van der Waals surface area contributed by atoms with Crippen molar-refractivity contribution in [2.24, 2.45) is 0 Å². The normalized spacial score (nSPS) is 16.1. The summed E-state index contributed by atoms with van der Waals surface area (Å²) >= 11 is 1.49. The number of hydrogen-bond donors (Lipinski definition) is 1. The van der Waals surface area contributed by atoms with Crippen molar-refractivity contribution in [3.05, 3.63) is 53.4 Å². The molecule has 3 aromatic rings.